The van der Waals surface area contributed by atoms with Crippen molar-refractivity contribution in [2.24, 2.45) is 5.92 Å². The lowest BCUT2D eigenvalue weighted by Crippen LogP contribution is -2.40. The second kappa shape index (κ2) is 5.64. The fraction of sp³-hybridized carbons (Fsp3) is 0.917. The van der Waals surface area contributed by atoms with Crippen molar-refractivity contribution in [3.8, 4) is 0 Å². The molecular weight excluding hydrogens is 202 g/mol. The Hall–Kier alpha value is -0.610. The first kappa shape index (κ1) is 11.9. The summed E-state index contributed by atoms with van der Waals surface area (Å²) in [5, 5.41) is 6.49. The maximum absolute atomic E-state index is 11.0. The van der Waals surface area contributed by atoms with Gasteiger partial charge in [0.2, 0.25) is 5.91 Å². The number of piperidine rings is 1. The van der Waals surface area contributed by atoms with Gasteiger partial charge >= 0.3 is 0 Å². The largest absolute Gasteiger partial charge is 0.352 e. The van der Waals surface area contributed by atoms with Gasteiger partial charge in [-0.25, -0.2) is 0 Å². The van der Waals surface area contributed by atoms with Crippen LogP contribution < -0.4 is 10.6 Å². The molecule has 2 saturated heterocycles. The zero-order valence-electron chi connectivity index (χ0n) is 10.2. The van der Waals surface area contributed by atoms with E-state index in [1.165, 1.54) is 25.9 Å². The van der Waals surface area contributed by atoms with E-state index in [0.717, 1.165) is 25.4 Å². The molecule has 2 rings (SSSR count). The van der Waals surface area contributed by atoms with E-state index in [1.54, 1.807) is 0 Å². The molecule has 0 aliphatic carbocycles. The zero-order valence-corrected chi connectivity index (χ0v) is 10.2. The molecule has 1 amide bonds. The van der Waals surface area contributed by atoms with Gasteiger partial charge in [-0.15, -0.1) is 0 Å². The summed E-state index contributed by atoms with van der Waals surface area (Å²) in [6.45, 7) is 4.51. The molecule has 0 aromatic rings. The highest BCUT2D eigenvalue weighted by atomic mass is 16.1. The first-order valence-corrected chi connectivity index (χ1v) is 6.42. The maximum Gasteiger partial charge on any atom is 0.220 e. The predicted octanol–water partition coefficient (Wildman–Crippen LogP) is 0.196. The van der Waals surface area contributed by atoms with Crippen molar-refractivity contribution in [3.63, 3.8) is 0 Å². The van der Waals surface area contributed by atoms with Crippen molar-refractivity contribution < 1.29 is 4.79 Å². The number of amides is 1. The minimum absolute atomic E-state index is 0.214. The van der Waals surface area contributed by atoms with E-state index in [1.807, 2.05) is 0 Å². The molecule has 0 spiro atoms. The Morgan fingerprint density at radius 2 is 2.06 bits per heavy atom. The Bertz CT molecular complexity index is 236. The first-order chi connectivity index (χ1) is 7.74. The van der Waals surface area contributed by atoms with Crippen LogP contribution in [0.25, 0.3) is 0 Å². The van der Waals surface area contributed by atoms with E-state index < -0.39 is 0 Å². The lowest BCUT2D eigenvalue weighted by molar-refractivity contribution is -0.119. The third-order valence-electron chi connectivity index (χ3n) is 3.75. The quantitative estimate of drug-likeness (QED) is 0.718. The van der Waals surface area contributed by atoms with Crippen molar-refractivity contribution in [2.45, 2.75) is 31.7 Å². The predicted molar refractivity (Wildman–Crippen MR) is 64.3 cm³/mol. The van der Waals surface area contributed by atoms with E-state index in [0.29, 0.717) is 12.5 Å². The lowest BCUT2D eigenvalue weighted by Gasteiger charge is -2.29. The molecule has 2 heterocycles. The molecule has 2 aliphatic rings. The van der Waals surface area contributed by atoms with Crippen LogP contribution in [0.1, 0.15) is 25.7 Å². The van der Waals surface area contributed by atoms with Crippen LogP contribution in [0.2, 0.25) is 0 Å². The van der Waals surface area contributed by atoms with Gasteiger partial charge in [-0.3, -0.25) is 4.79 Å². The van der Waals surface area contributed by atoms with E-state index >= 15 is 0 Å². The molecule has 16 heavy (non-hydrogen) atoms. The number of carbonyl (C=O) groups excluding carboxylic acids is 1. The van der Waals surface area contributed by atoms with Gasteiger partial charge in [-0.2, -0.15) is 0 Å². The highest BCUT2D eigenvalue weighted by molar-refractivity contribution is 5.78. The molecule has 0 bridgehead atoms. The second-order valence-corrected chi connectivity index (χ2v) is 5.21. The first-order valence-electron chi connectivity index (χ1n) is 6.42. The van der Waals surface area contributed by atoms with Crippen LogP contribution >= 0.6 is 0 Å². The Morgan fingerprint density at radius 3 is 2.69 bits per heavy atom. The summed E-state index contributed by atoms with van der Waals surface area (Å²) < 4.78 is 0. The smallest absolute Gasteiger partial charge is 0.220 e. The van der Waals surface area contributed by atoms with Crippen LogP contribution in [-0.4, -0.2) is 50.1 Å². The SMILES string of the molecule is CN1CCC(CNCC2CCC(=O)N2)CC1. The number of likely N-dealkylation sites (tertiary alicyclic amines) is 1. The summed E-state index contributed by atoms with van der Waals surface area (Å²) in [5.41, 5.74) is 0. The summed E-state index contributed by atoms with van der Waals surface area (Å²) in [4.78, 5) is 13.4. The minimum Gasteiger partial charge on any atom is -0.352 e. The molecule has 1 atom stereocenters. The van der Waals surface area contributed by atoms with E-state index in [9.17, 15) is 4.79 Å². The molecule has 2 fully saturated rings. The van der Waals surface area contributed by atoms with E-state index in [-0.39, 0.29) is 5.91 Å². The summed E-state index contributed by atoms with van der Waals surface area (Å²) in [6, 6.07) is 0.374. The Balaban J connectivity index is 1.56. The third kappa shape index (κ3) is 3.46. The summed E-state index contributed by atoms with van der Waals surface area (Å²) in [7, 11) is 2.19. The summed E-state index contributed by atoms with van der Waals surface area (Å²) in [6.07, 6.45) is 4.32. The standard InChI is InChI=1S/C12H23N3O/c1-15-6-4-10(5-7-15)8-13-9-11-2-3-12(16)14-11/h10-11,13H,2-9H2,1H3,(H,14,16). The van der Waals surface area contributed by atoms with E-state index in [2.05, 4.69) is 22.6 Å². The van der Waals surface area contributed by atoms with Gasteiger partial charge in [0.05, 0.1) is 0 Å². The third-order valence-corrected chi connectivity index (χ3v) is 3.75. The molecule has 0 radical (unpaired) electrons. The average Bonchev–Trinajstić information content (AvgIpc) is 2.67. The minimum atomic E-state index is 0.214. The topological polar surface area (TPSA) is 44.4 Å². The molecule has 92 valence electrons. The normalized spacial score (nSPS) is 28.3. The van der Waals surface area contributed by atoms with Crippen LogP contribution in [0.15, 0.2) is 0 Å². The molecule has 0 aromatic carbocycles. The van der Waals surface area contributed by atoms with Crippen LogP contribution in [0.5, 0.6) is 0 Å². The highest BCUT2D eigenvalue weighted by Crippen LogP contribution is 2.14. The van der Waals surface area contributed by atoms with Crippen LogP contribution in [0.4, 0.5) is 0 Å². The fourth-order valence-electron chi connectivity index (χ4n) is 2.56. The number of nitrogens with zero attached hydrogens (tertiary/aromatic N) is 1. The van der Waals surface area contributed by atoms with Crippen molar-refractivity contribution in [2.75, 3.05) is 33.2 Å². The van der Waals surface area contributed by atoms with Gasteiger partial charge in [0, 0.05) is 19.0 Å². The molecular formula is C12H23N3O. The Kier molecular flexibility index (Phi) is 4.18. The van der Waals surface area contributed by atoms with Gasteiger partial charge in [0.25, 0.3) is 0 Å². The van der Waals surface area contributed by atoms with Gasteiger partial charge < -0.3 is 15.5 Å². The van der Waals surface area contributed by atoms with Crippen molar-refractivity contribution in [1.82, 2.24) is 15.5 Å². The van der Waals surface area contributed by atoms with Crippen molar-refractivity contribution in [3.05, 3.63) is 0 Å². The van der Waals surface area contributed by atoms with Crippen LogP contribution in [0.3, 0.4) is 0 Å². The molecule has 1 unspecified atom stereocenters. The average molecular weight is 225 g/mol. The van der Waals surface area contributed by atoms with Gasteiger partial charge in [-0.05, 0) is 51.9 Å². The fourth-order valence-corrected chi connectivity index (χ4v) is 2.56. The molecule has 4 heteroatoms. The van der Waals surface area contributed by atoms with Crippen molar-refractivity contribution in [1.29, 1.82) is 0 Å². The molecule has 2 aliphatic heterocycles. The number of rotatable bonds is 4. The van der Waals surface area contributed by atoms with Gasteiger partial charge in [0.15, 0.2) is 0 Å². The number of hydrogen-bond acceptors (Lipinski definition) is 3. The number of hydrogen-bond donors (Lipinski definition) is 2. The number of nitrogens with one attached hydrogen (secondary N) is 2. The van der Waals surface area contributed by atoms with Crippen LogP contribution in [0, 0.1) is 5.92 Å². The molecule has 0 saturated carbocycles. The van der Waals surface area contributed by atoms with E-state index in [4.69, 9.17) is 0 Å². The lowest BCUT2D eigenvalue weighted by atomic mass is 9.97. The maximum atomic E-state index is 11.0. The Labute approximate surface area is 97.8 Å². The molecule has 2 N–H and O–H groups in total. The zero-order chi connectivity index (χ0) is 11.4. The summed E-state index contributed by atoms with van der Waals surface area (Å²) >= 11 is 0. The number of carbonyl (C=O) groups is 1. The van der Waals surface area contributed by atoms with Gasteiger partial charge in [0.1, 0.15) is 0 Å². The second-order valence-electron chi connectivity index (χ2n) is 5.21. The summed E-state index contributed by atoms with van der Waals surface area (Å²) in [5.74, 6) is 1.04. The monoisotopic (exact) mass is 225 g/mol. The van der Waals surface area contributed by atoms with Crippen LogP contribution in [-0.2, 0) is 4.79 Å². The molecule has 0 aromatic heterocycles. The van der Waals surface area contributed by atoms with Crippen molar-refractivity contribution >= 4 is 5.91 Å². The van der Waals surface area contributed by atoms with Gasteiger partial charge in [-0.1, -0.05) is 0 Å². The highest BCUT2D eigenvalue weighted by Gasteiger charge is 2.21. The Morgan fingerprint density at radius 1 is 1.31 bits per heavy atom. The molecule has 4 nitrogen and oxygen atoms in total.